The summed E-state index contributed by atoms with van der Waals surface area (Å²) in [5.74, 6) is -1.47. The zero-order chi connectivity index (χ0) is 15.8. The number of carboxylic acid groups (broad SMARTS) is 1. The SMILES string of the molecule is O=C([O-])CSCC(=O)NC(c1ccccc1)c1ccccc1. The summed E-state index contributed by atoms with van der Waals surface area (Å²) in [5, 5.41) is 13.3. The largest absolute Gasteiger partial charge is 0.549 e. The van der Waals surface area contributed by atoms with Gasteiger partial charge in [0, 0.05) is 5.75 Å². The van der Waals surface area contributed by atoms with Crippen LogP contribution in [0.1, 0.15) is 17.2 Å². The molecule has 0 bridgehead atoms. The summed E-state index contributed by atoms with van der Waals surface area (Å²) in [4.78, 5) is 22.4. The van der Waals surface area contributed by atoms with Gasteiger partial charge in [-0.3, -0.25) is 4.79 Å². The lowest BCUT2D eigenvalue weighted by Crippen LogP contribution is -2.31. The van der Waals surface area contributed by atoms with Crippen molar-refractivity contribution in [2.24, 2.45) is 0 Å². The van der Waals surface area contributed by atoms with Crippen molar-refractivity contribution in [3.05, 3.63) is 71.8 Å². The molecule has 0 atom stereocenters. The number of carbonyl (C=O) groups is 2. The number of carboxylic acids is 1. The number of benzene rings is 2. The van der Waals surface area contributed by atoms with Gasteiger partial charge in [0.05, 0.1) is 17.8 Å². The molecule has 0 heterocycles. The van der Waals surface area contributed by atoms with E-state index in [-0.39, 0.29) is 23.5 Å². The number of hydrogen-bond acceptors (Lipinski definition) is 4. The highest BCUT2D eigenvalue weighted by Crippen LogP contribution is 2.21. The normalized spacial score (nSPS) is 10.4. The summed E-state index contributed by atoms with van der Waals surface area (Å²) in [7, 11) is 0. The molecular weight excluding hydrogens is 298 g/mol. The van der Waals surface area contributed by atoms with Crippen LogP contribution in [0.4, 0.5) is 0 Å². The molecule has 1 amide bonds. The molecule has 2 aromatic carbocycles. The minimum absolute atomic E-state index is 0.0874. The van der Waals surface area contributed by atoms with Crippen molar-refractivity contribution in [3.63, 3.8) is 0 Å². The summed E-state index contributed by atoms with van der Waals surface area (Å²) >= 11 is 1.03. The van der Waals surface area contributed by atoms with E-state index in [0.29, 0.717) is 0 Å². The lowest BCUT2D eigenvalue weighted by Gasteiger charge is -2.20. The smallest absolute Gasteiger partial charge is 0.230 e. The van der Waals surface area contributed by atoms with Gasteiger partial charge in [0.1, 0.15) is 0 Å². The Morgan fingerprint density at radius 2 is 1.41 bits per heavy atom. The highest BCUT2D eigenvalue weighted by molar-refractivity contribution is 8.00. The Kier molecular flexibility index (Phi) is 6.03. The van der Waals surface area contributed by atoms with Crippen LogP contribution >= 0.6 is 11.8 Å². The van der Waals surface area contributed by atoms with Crippen LogP contribution in [0.2, 0.25) is 0 Å². The Labute approximate surface area is 133 Å². The second-order valence-corrected chi connectivity index (χ2v) is 5.67. The highest BCUT2D eigenvalue weighted by atomic mass is 32.2. The van der Waals surface area contributed by atoms with Crippen LogP contribution in [0, 0.1) is 0 Å². The van der Waals surface area contributed by atoms with Crippen molar-refractivity contribution in [1.82, 2.24) is 5.32 Å². The molecule has 0 saturated carbocycles. The van der Waals surface area contributed by atoms with Crippen LogP contribution in [-0.4, -0.2) is 23.4 Å². The van der Waals surface area contributed by atoms with E-state index in [1.54, 1.807) is 0 Å². The van der Waals surface area contributed by atoms with Crippen LogP contribution < -0.4 is 10.4 Å². The summed E-state index contributed by atoms with van der Waals surface area (Å²) in [6, 6.07) is 19.1. The number of hydrogen-bond donors (Lipinski definition) is 1. The zero-order valence-electron chi connectivity index (χ0n) is 11.9. The average Bonchev–Trinajstić information content (AvgIpc) is 2.54. The number of nitrogens with one attached hydrogen (secondary N) is 1. The van der Waals surface area contributed by atoms with Crippen LogP contribution in [0.25, 0.3) is 0 Å². The molecule has 2 aromatic rings. The second-order valence-electron chi connectivity index (χ2n) is 4.69. The van der Waals surface area contributed by atoms with E-state index in [2.05, 4.69) is 5.32 Å². The molecule has 0 radical (unpaired) electrons. The third kappa shape index (κ3) is 4.93. The van der Waals surface area contributed by atoms with Gasteiger partial charge in [-0.15, -0.1) is 11.8 Å². The van der Waals surface area contributed by atoms with E-state index in [9.17, 15) is 14.7 Å². The molecule has 0 spiro atoms. The van der Waals surface area contributed by atoms with Crippen molar-refractivity contribution >= 4 is 23.6 Å². The maximum Gasteiger partial charge on any atom is 0.230 e. The van der Waals surface area contributed by atoms with Crippen molar-refractivity contribution in [2.45, 2.75) is 6.04 Å². The predicted octanol–water partition coefficient (Wildman–Crippen LogP) is 1.38. The van der Waals surface area contributed by atoms with Crippen LogP contribution in [-0.2, 0) is 9.59 Å². The summed E-state index contributed by atoms with van der Waals surface area (Å²) in [6.45, 7) is 0. The molecule has 0 aliphatic heterocycles. The van der Waals surface area contributed by atoms with E-state index in [0.717, 1.165) is 22.9 Å². The Bertz CT molecular complexity index is 577. The molecule has 22 heavy (non-hydrogen) atoms. The monoisotopic (exact) mass is 314 g/mol. The van der Waals surface area contributed by atoms with Gasteiger partial charge in [-0.1, -0.05) is 60.7 Å². The third-order valence-electron chi connectivity index (χ3n) is 3.02. The standard InChI is InChI=1S/C17H17NO3S/c19-15(11-22-12-16(20)21)18-17(13-7-3-1-4-8-13)14-9-5-2-6-10-14/h1-10,17H,11-12H2,(H,18,19)(H,20,21)/p-1. The predicted molar refractivity (Wildman–Crippen MR) is 85.2 cm³/mol. The lowest BCUT2D eigenvalue weighted by atomic mass is 9.99. The number of carbonyl (C=O) groups excluding carboxylic acids is 2. The van der Waals surface area contributed by atoms with Gasteiger partial charge < -0.3 is 15.2 Å². The second kappa shape index (κ2) is 8.24. The van der Waals surface area contributed by atoms with Gasteiger partial charge in [-0.05, 0) is 11.1 Å². The van der Waals surface area contributed by atoms with Crippen molar-refractivity contribution < 1.29 is 14.7 Å². The average molecular weight is 314 g/mol. The molecule has 2 rings (SSSR count). The molecule has 0 saturated heterocycles. The molecule has 114 valence electrons. The first kappa shape index (κ1) is 16.1. The van der Waals surface area contributed by atoms with Gasteiger partial charge in [0.2, 0.25) is 5.91 Å². The molecule has 5 heteroatoms. The van der Waals surface area contributed by atoms with Crippen LogP contribution in [0.15, 0.2) is 60.7 Å². The fourth-order valence-corrected chi connectivity index (χ4v) is 2.62. The molecule has 0 unspecified atom stereocenters. The topological polar surface area (TPSA) is 69.2 Å². The van der Waals surface area contributed by atoms with E-state index < -0.39 is 5.97 Å². The summed E-state index contributed by atoms with van der Waals surface area (Å²) in [5.41, 5.74) is 1.96. The van der Waals surface area contributed by atoms with Gasteiger partial charge >= 0.3 is 0 Å². The van der Waals surface area contributed by atoms with Crippen molar-refractivity contribution in [1.29, 1.82) is 0 Å². The van der Waals surface area contributed by atoms with E-state index in [1.165, 1.54) is 0 Å². The zero-order valence-corrected chi connectivity index (χ0v) is 12.7. The van der Waals surface area contributed by atoms with E-state index >= 15 is 0 Å². The minimum atomic E-state index is -1.17. The molecular formula is C17H16NO3S-. The molecule has 1 N–H and O–H groups in total. The maximum atomic E-state index is 12.0. The Morgan fingerprint density at radius 3 is 1.86 bits per heavy atom. The van der Waals surface area contributed by atoms with E-state index in [4.69, 9.17) is 0 Å². The third-order valence-corrected chi connectivity index (χ3v) is 3.93. The molecule has 0 aliphatic rings. The van der Waals surface area contributed by atoms with Crippen LogP contribution in [0.3, 0.4) is 0 Å². The molecule has 4 nitrogen and oxygen atoms in total. The number of amides is 1. The maximum absolute atomic E-state index is 12.0. The number of aliphatic carboxylic acids is 1. The van der Waals surface area contributed by atoms with Crippen LogP contribution in [0.5, 0.6) is 0 Å². The highest BCUT2D eigenvalue weighted by Gasteiger charge is 2.16. The first-order valence-electron chi connectivity index (χ1n) is 6.83. The minimum Gasteiger partial charge on any atom is -0.549 e. The van der Waals surface area contributed by atoms with Gasteiger partial charge in [-0.25, -0.2) is 0 Å². The fourth-order valence-electron chi connectivity index (χ4n) is 2.08. The van der Waals surface area contributed by atoms with Gasteiger partial charge in [-0.2, -0.15) is 0 Å². The summed E-state index contributed by atoms with van der Waals surface area (Å²) in [6.07, 6.45) is 0. The van der Waals surface area contributed by atoms with Gasteiger partial charge in [0.15, 0.2) is 0 Å². The van der Waals surface area contributed by atoms with Gasteiger partial charge in [0.25, 0.3) is 0 Å². The Hall–Kier alpha value is -2.27. The lowest BCUT2D eigenvalue weighted by molar-refractivity contribution is -0.301. The first-order chi connectivity index (χ1) is 10.7. The van der Waals surface area contributed by atoms with E-state index in [1.807, 2.05) is 60.7 Å². The number of rotatable bonds is 7. The molecule has 0 fully saturated rings. The quantitative estimate of drug-likeness (QED) is 0.838. The molecule has 0 aliphatic carbocycles. The Morgan fingerprint density at radius 1 is 0.909 bits per heavy atom. The fraction of sp³-hybridized carbons (Fsp3) is 0.176. The van der Waals surface area contributed by atoms with Crippen molar-refractivity contribution in [2.75, 3.05) is 11.5 Å². The Balaban J connectivity index is 2.09. The summed E-state index contributed by atoms with van der Waals surface area (Å²) < 4.78 is 0. The number of thioether (sulfide) groups is 1. The van der Waals surface area contributed by atoms with Crippen molar-refractivity contribution in [3.8, 4) is 0 Å². The first-order valence-corrected chi connectivity index (χ1v) is 7.99. The molecule has 0 aromatic heterocycles.